The van der Waals surface area contributed by atoms with Crippen LogP contribution in [0.5, 0.6) is 0 Å². The van der Waals surface area contributed by atoms with Crippen molar-refractivity contribution >= 4 is 61.9 Å². The highest BCUT2D eigenvalue weighted by Gasteiger charge is 2.47. The lowest BCUT2D eigenvalue weighted by Gasteiger charge is -2.41. The fraction of sp³-hybridized carbons (Fsp3) is 0.385. The summed E-state index contributed by atoms with van der Waals surface area (Å²) < 4.78 is 9.77. The van der Waals surface area contributed by atoms with E-state index in [4.69, 9.17) is 4.42 Å². The van der Waals surface area contributed by atoms with Gasteiger partial charge in [-0.15, -0.1) is 0 Å². The van der Waals surface area contributed by atoms with Crippen LogP contribution in [0.4, 0.5) is 11.4 Å². The molecule has 0 bridgehead atoms. The van der Waals surface area contributed by atoms with Gasteiger partial charge >= 0.3 is 6.85 Å². The Morgan fingerprint density at radius 3 is 1.59 bits per heavy atom. The molecule has 286 valence electrons. The van der Waals surface area contributed by atoms with Crippen molar-refractivity contribution in [1.29, 1.82) is 0 Å². The summed E-state index contributed by atoms with van der Waals surface area (Å²) in [5.41, 5.74) is 17.6. The summed E-state index contributed by atoms with van der Waals surface area (Å²) in [6, 6.07) is 33.5. The van der Waals surface area contributed by atoms with Gasteiger partial charge < -0.3 is 13.8 Å². The van der Waals surface area contributed by atoms with E-state index in [1.54, 1.807) is 0 Å². The molecule has 0 unspecified atom stereocenters. The molecule has 56 heavy (non-hydrogen) atoms. The Balaban J connectivity index is 1.50. The molecule has 4 heterocycles. The van der Waals surface area contributed by atoms with Gasteiger partial charge in [-0.25, -0.2) is 0 Å². The zero-order chi connectivity index (χ0) is 40.2. The summed E-state index contributed by atoms with van der Waals surface area (Å²) >= 11 is 0. The van der Waals surface area contributed by atoms with E-state index in [1.165, 1.54) is 82.9 Å². The predicted octanol–water partition coefficient (Wildman–Crippen LogP) is 13.3. The molecule has 9 rings (SSSR count). The second kappa shape index (κ2) is 11.5. The molecule has 2 aliphatic rings. The zero-order valence-corrected chi connectivity index (χ0v) is 36.5. The lowest BCUT2D eigenvalue weighted by atomic mass is 9.43. The van der Waals surface area contributed by atoms with Crippen molar-refractivity contribution in [3.8, 4) is 17.0 Å². The van der Waals surface area contributed by atoms with Gasteiger partial charge in [0.15, 0.2) is 5.76 Å². The second-order valence-electron chi connectivity index (χ2n) is 22.0. The van der Waals surface area contributed by atoms with Crippen LogP contribution in [0.15, 0.2) is 89.3 Å². The number of nitrogens with zero attached hydrogens (tertiary/aromatic N) is 2. The SMILES string of the molecule is CC(C)(C)c1ccc(N2B3c4c(cc(C(C)(C)C)cc4-n4c5ccc(C(C)(C)C)cc5c5cc(C(C)(C)C)cc3c54)-c3oc4ccc(C(C)(C)C)cc4c32)cc1. The fourth-order valence-electron chi connectivity index (χ4n) is 9.19. The number of rotatable bonds is 1. The number of benzene rings is 5. The number of fused-ring (bicyclic) bond motifs is 9. The van der Waals surface area contributed by atoms with Crippen molar-refractivity contribution in [3.05, 3.63) is 113 Å². The number of anilines is 2. The molecule has 0 atom stereocenters. The van der Waals surface area contributed by atoms with E-state index in [-0.39, 0.29) is 33.9 Å². The average molecular weight is 739 g/mol. The monoisotopic (exact) mass is 738 g/mol. The standard InChI is InChI=1S/C52H59BN2O/c1-48(2,3)30-16-20-35(21-17-30)55-46-38-25-32(50(7,8)9)19-23-43(38)56-47(46)39-27-34(52(13,14)15)29-42-44(39)53(55)40-28-33(51(10,11)12)26-37-36-24-31(49(4,5)6)18-22-41(36)54(42)45(37)40/h16-29H,1-15H3. The van der Waals surface area contributed by atoms with Gasteiger partial charge in [0, 0.05) is 33.1 Å². The van der Waals surface area contributed by atoms with Gasteiger partial charge in [0.2, 0.25) is 0 Å². The molecule has 2 aliphatic heterocycles. The summed E-state index contributed by atoms with van der Waals surface area (Å²) in [4.78, 5) is 2.64. The van der Waals surface area contributed by atoms with Crippen LogP contribution in [-0.4, -0.2) is 11.4 Å². The van der Waals surface area contributed by atoms with Crippen molar-refractivity contribution in [2.24, 2.45) is 0 Å². The van der Waals surface area contributed by atoms with E-state index < -0.39 is 0 Å². The second-order valence-corrected chi connectivity index (χ2v) is 22.0. The Labute approximate surface area is 335 Å². The minimum absolute atomic E-state index is 0.0123. The highest BCUT2D eigenvalue weighted by Crippen LogP contribution is 2.51. The van der Waals surface area contributed by atoms with Crippen LogP contribution in [0, 0.1) is 0 Å². The van der Waals surface area contributed by atoms with E-state index in [9.17, 15) is 0 Å². The van der Waals surface area contributed by atoms with Gasteiger partial charge in [-0.3, -0.25) is 0 Å². The van der Waals surface area contributed by atoms with Gasteiger partial charge in [-0.05, 0) is 120 Å². The molecule has 0 amide bonds. The third-order valence-corrected chi connectivity index (χ3v) is 12.7. The van der Waals surface area contributed by atoms with Crippen LogP contribution in [0.3, 0.4) is 0 Å². The van der Waals surface area contributed by atoms with Crippen LogP contribution in [0.2, 0.25) is 0 Å². The maximum atomic E-state index is 7.16. The summed E-state index contributed by atoms with van der Waals surface area (Å²) in [6.45, 7) is 34.8. The first-order valence-electron chi connectivity index (χ1n) is 20.7. The van der Waals surface area contributed by atoms with Gasteiger partial charge in [0.1, 0.15) is 5.58 Å². The quantitative estimate of drug-likeness (QED) is 0.156. The molecule has 0 spiro atoms. The Morgan fingerprint density at radius 1 is 0.482 bits per heavy atom. The Bertz CT molecular complexity index is 2760. The molecular formula is C52H59BN2O. The Kier molecular flexibility index (Phi) is 7.55. The Morgan fingerprint density at radius 2 is 1.00 bits per heavy atom. The topological polar surface area (TPSA) is 21.3 Å². The van der Waals surface area contributed by atoms with E-state index in [1.807, 2.05) is 0 Å². The first kappa shape index (κ1) is 36.9. The number of aromatic nitrogens is 1. The first-order chi connectivity index (χ1) is 25.9. The molecule has 0 radical (unpaired) electrons. The molecule has 5 aromatic carbocycles. The molecule has 0 saturated heterocycles. The molecule has 2 aromatic heterocycles. The first-order valence-corrected chi connectivity index (χ1v) is 20.7. The van der Waals surface area contributed by atoms with Crippen LogP contribution in [0.1, 0.15) is 132 Å². The van der Waals surface area contributed by atoms with E-state index >= 15 is 0 Å². The van der Waals surface area contributed by atoms with E-state index in [2.05, 4.69) is 198 Å². The molecule has 4 heteroatoms. The van der Waals surface area contributed by atoms with Crippen LogP contribution in [-0.2, 0) is 27.1 Å². The number of hydrogen-bond acceptors (Lipinski definition) is 2. The predicted molar refractivity (Wildman–Crippen MR) is 243 cm³/mol. The maximum Gasteiger partial charge on any atom is 0.333 e. The molecular weight excluding hydrogens is 679 g/mol. The summed E-state index contributed by atoms with van der Waals surface area (Å²) in [5, 5.41) is 3.83. The minimum atomic E-state index is -0.0790. The van der Waals surface area contributed by atoms with E-state index in [0.29, 0.717) is 0 Å². The van der Waals surface area contributed by atoms with Crippen molar-refractivity contribution in [3.63, 3.8) is 0 Å². The molecule has 0 aliphatic carbocycles. The van der Waals surface area contributed by atoms with E-state index in [0.717, 1.165) is 17.0 Å². The van der Waals surface area contributed by atoms with Crippen LogP contribution in [0.25, 0.3) is 49.8 Å². The number of furan rings is 1. The van der Waals surface area contributed by atoms with Crippen molar-refractivity contribution in [2.45, 2.75) is 131 Å². The fourth-order valence-corrected chi connectivity index (χ4v) is 9.19. The lowest BCUT2D eigenvalue weighted by Crippen LogP contribution is -2.60. The van der Waals surface area contributed by atoms with Gasteiger partial charge in [0.05, 0.1) is 16.7 Å². The van der Waals surface area contributed by atoms with Crippen molar-refractivity contribution in [2.75, 3.05) is 4.81 Å². The third kappa shape index (κ3) is 5.45. The molecule has 7 aromatic rings. The average Bonchev–Trinajstić information content (AvgIpc) is 3.64. The normalized spacial score (nSPS) is 14.6. The van der Waals surface area contributed by atoms with Crippen molar-refractivity contribution < 1.29 is 4.42 Å². The molecule has 0 N–H and O–H groups in total. The van der Waals surface area contributed by atoms with Gasteiger partial charge in [-0.1, -0.05) is 134 Å². The lowest BCUT2D eigenvalue weighted by molar-refractivity contribution is 0.588. The molecule has 3 nitrogen and oxygen atoms in total. The largest absolute Gasteiger partial charge is 0.454 e. The van der Waals surface area contributed by atoms with Crippen LogP contribution >= 0.6 is 0 Å². The Hall–Kier alpha value is -4.70. The highest BCUT2D eigenvalue weighted by atomic mass is 16.3. The smallest absolute Gasteiger partial charge is 0.333 e. The van der Waals surface area contributed by atoms with Gasteiger partial charge in [0.25, 0.3) is 0 Å². The molecule has 0 fully saturated rings. The molecule has 0 saturated carbocycles. The minimum Gasteiger partial charge on any atom is -0.454 e. The van der Waals surface area contributed by atoms with Crippen molar-refractivity contribution in [1.82, 2.24) is 4.57 Å². The summed E-state index contributed by atoms with van der Waals surface area (Å²) in [6.07, 6.45) is 0. The van der Waals surface area contributed by atoms with Gasteiger partial charge in [-0.2, -0.15) is 0 Å². The van der Waals surface area contributed by atoms with Crippen LogP contribution < -0.4 is 15.7 Å². The maximum absolute atomic E-state index is 7.16. The summed E-state index contributed by atoms with van der Waals surface area (Å²) in [7, 11) is 0. The summed E-state index contributed by atoms with van der Waals surface area (Å²) in [5.74, 6) is 0.961. The zero-order valence-electron chi connectivity index (χ0n) is 36.5. The highest BCUT2D eigenvalue weighted by molar-refractivity contribution is 6.93. The number of hydrogen-bond donors (Lipinski definition) is 0. The third-order valence-electron chi connectivity index (χ3n) is 12.7.